The van der Waals surface area contributed by atoms with Crippen molar-refractivity contribution in [3.63, 3.8) is 0 Å². The second-order valence-corrected chi connectivity index (χ2v) is 8.80. The topological polar surface area (TPSA) is 37.4 Å². The number of benzene rings is 2. The van der Waals surface area contributed by atoms with Crippen molar-refractivity contribution in [2.45, 2.75) is 36.6 Å². The average Bonchev–Trinajstić information content (AvgIpc) is 2.81. The van der Waals surface area contributed by atoms with E-state index in [0.29, 0.717) is 13.0 Å². The van der Waals surface area contributed by atoms with Crippen molar-refractivity contribution in [3.8, 4) is 0 Å². The van der Waals surface area contributed by atoms with Gasteiger partial charge in [-0.1, -0.05) is 40.9 Å². The Bertz CT molecular complexity index is 808. The zero-order chi connectivity index (χ0) is 17.2. The normalized spacial score (nSPS) is 19.8. The maximum Gasteiger partial charge on any atom is 0.243 e. The molecule has 1 aliphatic heterocycles. The minimum absolute atomic E-state index is 0.272. The summed E-state index contributed by atoms with van der Waals surface area (Å²) in [5, 5.41) is 0. The van der Waals surface area contributed by atoms with Gasteiger partial charge in [-0.2, -0.15) is 4.31 Å². The monoisotopic (exact) mass is 411 g/mol. The highest BCUT2D eigenvalue weighted by molar-refractivity contribution is 9.10. The van der Waals surface area contributed by atoms with E-state index in [-0.39, 0.29) is 16.8 Å². The Hall–Kier alpha value is -1.24. The van der Waals surface area contributed by atoms with E-state index in [0.717, 1.165) is 29.3 Å². The van der Waals surface area contributed by atoms with Crippen molar-refractivity contribution in [3.05, 3.63) is 64.4 Å². The molecule has 0 spiro atoms. The minimum Gasteiger partial charge on any atom is -0.207 e. The van der Waals surface area contributed by atoms with Crippen LogP contribution < -0.4 is 0 Å². The lowest BCUT2D eigenvalue weighted by molar-refractivity contribution is 0.328. The molecule has 0 aliphatic carbocycles. The van der Waals surface area contributed by atoms with Crippen LogP contribution in [-0.2, 0) is 10.0 Å². The standard InChI is InChI=1S/C18H19BrFNO2S/c19-15-8-10-17(11-9-15)24(22,23)21-12-3-1-2-7-18(21)14-5-4-6-16(20)13-14/h4-6,8-11,13,18H,1-3,7,12H2/t18-/m1/s1. The van der Waals surface area contributed by atoms with Crippen LogP contribution in [-0.4, -0.2) is 19.3 Å². The predicted molar refractivity (Wildman–Crippen MR) is 95.6 cm³/mol. The Balaban J connectivity index is 2.02. The van der Waals surface area contributed by atoms with E-state index in [9.17, 15) is 12.8 Å². The molecule has 128 valence electrons. The van der Waals surface area contributed by atoms with Crippen molar-refractivity contribution in [2.24, 2.45) is 0 Å². The minimum atomic E-state index is -3.62. The first-order valence-corrected chi connectivity index (χ1v) is 10.2. The molecule has 24 heavy (non-hydrogen) atoms. The Labute approximate surface area is 150 Å². The second-order valence-electron chi connectivity index (χ2n) is 5.99. The molecule has 0 bridgehead atoms. The van der Waals surface area contributed by atoms with Crippen LogP contribution in [0.25, 0.3) is 0 Å². The molecule has 3 rings (SSSR count). The van der Waals surface area contributed by atoms with Gasteiger partial charge < -0.3 is 0 Å². The third-order valence-corrected chi connectivity index (χ3v) is 6.81. The summed E-state index contributed by atoms with van der Waals surface area (Å²) in [6.45, 7) is 0.458. The highest BCUT2D eigenvalue weighted by Crippen LogP contribution is 2.35. The lowest BCUT2D eigenvalue weighted by Crippen LogP contribution is -2.34. The molecule has 0 radical (unpaired) electrons. The van der Waals surface area contributed by atoms with Gasteiger partial charge in [-0.25, -0.2) is 12.8 Å². The molecule has 0 unspecified atom stereocenters. The van der Waals surface area contributed by atoms with Gasteiger partial charge in [0.05, 0.1) is 10.9 Å². The van der Waals surface area contributed by atoms with Crippen LogP contribution in [0.15, 0.2) is 57.9 Å². The van der Waals surface area contributed by atoms with Crippen LogP contribution in [0.4, 0.5) is 4.39 Å². The van der Waals surface area contributed by atoms with E-state index in [1.165, 1.54) is 16.4 Å². The Kier molecular flexibility index (Phi) is 5.37. The number of rotatable bonds is 3. The van der Waals surface area contributed by atoms with Crippen LogP contribution in [0.3, 0.4) is 0 Å². The van der Waals surface area contributed by atoms with E-state index < -0.39 is 10.0 Å². The summed E-state index contributed by atoms with van der Waals surface area (Å²) >= 11 is 3.33. The van der Waals surface area contributed by atoms with Gasteiger partial charge in [0.15, 0.2) is 0 Å². The van der Waals surface area contributed by atoms with Crippen molar-refractivity contribution in [1.82, 2.24) is 4.31 Å². The molecule has 2 aromatic carbocycles. The number of sulfonamides is 1. The SMILES string of the molecule is O=S(=O)(c1ccc(Br)cc1)N1CCCCC[C@@H]1c1cccc(F)c1. The summed E-state index contributed by atoms with van der Waals surface area (Å²) in [4.78, 5) is 0.272. The van der Waals surface area contributed by atoms with Crippen molar-refractivity contribution >= 4 is 26.0 Å². The van der Waals surface area contributed by atoms with Crippen LogP contribution in [0.1, 0.15) is 37.3 Å². The van der Waals surface area contributed by atoms with E-state index in [4.69, 9.17) is 0 Å². The Morgan fingerprint density at radius 3 is 2.50 bits per heavy atom. The molecule has 1 atom stereocenters. The zero-order valence-electron chi connectivity index (χ0n) is 13.2. The summed E-state index contributed by atoms with van der Waals surface area (Å²) in [5.74, 6) is -0.335. The lowest BCUT2D eigenvalue weighted by Gasteiger charge is -2.29. The van der Waals surface area contributed by atoms with Crippen LogP contribution in [0.2, 0.25) is 0 Å². The number of nitrogens with zero attached hydrogens (tertiary/aromatic N) is 1. The maximum atomic E-state index is 13.6. The van der Waals surface area contributed by atoms with E-state index >= 15 is 0 Å². The average molecular weight is 412 g/mol. The van der Waals surface area contributed by atoms with Crippen LogP contribution in [0, 0.1) is 5.82 Å². The van der Waals surface area contributed by atoms with Crippen molar-refractivity contribution in [1.29, 1.82) is 0 Å². The first-order valence-electron chi connectivity index (χ1n) is 8.01. The summed E-state index contributed by atoms with van der Waals surface area (Å²) in [6, 6.07) is 12.6. The van der Waals surface area contributed by atoms with Gasteiger partial charge in [0.2, 0.25) is 10.0 Å². The fourth-order valence-corrected chi connectivity index (χ4v) is 5.11. The van der Waals surface area contributed by atoms with E-state index in [1.807, 2.05) is 6.07 Å². The highest BCUT2D eigenvalue weighted by atomic mass is 79.9. The molecular formula is C18H19BrFNO2S. The summed E-state index contributed by atoms with van der Waals surface area (Å²) < 4.78 is 42.3. The van der Waals surface area contributed by atoms with Gasteiger partial charge in [0.1, 0.15) is 5.82 Å². The van der Waals surface area contributed by atoms with Crippen molar-refractivity contribution < 1.29 is 12.8 Å². The number of halogens is 2. The number of hydrogen-bond acceptors (Lipinski definition) is 2. The number of hydrogen-bond donors (Lipinski definition) is 0. The first kappa shape index (κ1) is 17.6. The first-order chi connectivity index (χ1) is 11.5. The van der Waals surface area contributed by atoms with Gasteiger partial charge >= 0.3 is 0 Å². The van der Waals surface area contributed by atoms with Crippen LogP contribution in [0.5, 0.6) is 0 Å². The lowest BCUT2D eigenvalue weighted by atomic mass is 10.0. The molecule has 0 amide bonds. The Morgan fingerprint density at radius 2 is 1.79 bits per heavy atom. The summed E-state index contributed by atoms with van der Waals surface area (Å²) in [7, 11) is -3.62. The molecule has 1 heterocycles. The third-order valence-electron chi connectivity index (χ3n) is 4.36. The molecule has 0 saturated carbocycles. The maximum absolute atomic E-state index is 13.6. The van der Waals surface area contributed by atoms with Gasteiger partial charge in [0.25, 0.3) is 0 Å². The summed E-state index contributed by atoms with van der Waals surface area (Å²) in [6.07, 6.45) is 3.45. The van der Waals surface area contributed by atoms with Crippen molar-refractivity contribution in [2.75, 3.05) is 6.54 Å². The molecule has 1 saturated heterocycles. The van der Waals surface area contributed by atoms with E-state index in [1.54, 1.807) is 30.3 Å². The molecule has 0 N–H and O–H groups in total. The second kappa shape index (κ2) is 7.33. The van der Waals surface area contributed by atoms with Gasteiger partial charge in [-0.05, 0) is 54.8 Å². The largest absolute Gasteiger partial charge is 0.243 e. The molecule has 6 heteroatoms. The Morgan fingerprint density at radius 1 is 1.04 bits per heavy atom. The molecular weight excluding hydrogens is 393 g/mol. The quantitative estimate of drug-likeness (QED) is 0.720. The van der Waals surface area contributed by atoms with Gasteiger partial charge in [-0.15, -0.1) is 0 Å². The van der Waals surface area contributed by atoms with Gasteiger partial charge in [-0.3, -0.25) is 0 Å². The summed E-state index contributed by atoms with van der Waals surface area (Å²) in [5.41, 5.74) is 0.720. The molecule has 1 aliphatic rings. The third kappa shape index (κ3) is 3.71. The van der Waals surface area contributed by atoms with Crippen LogP contribution >= 0.6 is 15.9 Å². The fraction of sp³-hybridized carbons (Fsp3) is 0.333. The zero-order valence-corrected chi connectivity index (χ0v) is 15.6. The fourth-order valence-electron chi connectivity index (χ4n) is 3.16. The van der Waals surface area contributed by atoms with Gasteiger partial charge in [0, 0.05) is 11.0 Å². The van der Waals surface area contributed by atoms with E-state index in [2.05, 4.69) is 15.9 Å². The smallest absolute Gasteiger partial charge is 0.207 e. The molecule has 2 aromatic rings. The molecule has 0 aromatic heterocycles. The highest BCUT2D eigenvalue weighted by Gasteiger charge is 2.33. The predicted octanol–water partition coefficient (Wildman–Crippen LogP) is 4.89. The molecule has 3 nitrogen and oxygen atoms in total. The molecule has 1 fully saturated rings.